The number of carboxylic acids is 1. The van der Waals surface area contributed by atoms with Crippen molar-refractivity contribution in [2.45, 2.75) is 52.0 Å². The Balaban J connectivity index is 1.86. The highest BCUT2D eigenvalue weighted by Gasteiger charge is 2.73. The van der Waals surface area contributed by atoms with Gasteiger partial charge in [0.05, 0.1) is 23.8 Å². The number of imide groups is 1. The molecule has 2 saturated carbocycles. The quantitative estimate of drug-likeness (QED) is 0.616. The summed E-state index contributed by atoms with van der Waals surface area (Å²) in [4.78, 5) is 37.7. The first kappa shape index (κ1) is 13.6. The minimum Gasteiger partial charge on any atom is -0.481 e. The highest BCUT2D eigenvalue weighted by Crippen LogP contribution is 2.63. The summed E-state index contributed by atoms with van der Waals surface area (Å²) < 4.78 is 0. The molecule has 3 fully saturated rings. The van der Waals surface area contributed by atoms with Gasteiger partial charge in [0, 0.05) is 0 Å². The minimum absolute atomic E-state index is 0.136. The zero-order valence-electron chi connectivity index (χ0n) is 12.0. The Morgan fingerprint density at radius 3 is 2.20 bits per heavy atom. The molecular weight excluding hydrogens is 258 g/mol. The van der Waals surface area contributed by atoms with E-state index in [1.165, 1.54) is 4.90 Å². The molecule has 4 atom stereocenters. The second-order valence-electron chi connectivity index (χ2n) is 6.97. The number of nitrogens with zero attached hydrogens (tertiary/aromatic N) is 1. The Labute approximate surface area is 118 Å². The molecule has 1 N–H and O–H groups in total. The van der Waals surface area contributed by atoms with Gasteiger partial charge < -0.3 is 5.11 Å². The number of hydrogen-bond donors (Lipinski definition) is 1. The molecule has 2 aliphatic carbocycles. The first-order valence-corrected chi connectivity index (χ1v) is 7.47. The summed E-state index contributed by atoms with van der Waals surface area (Å²) in [5.74, 6) is -2.17. The summed E-state index contributed by atoms with van der Waals surface area (Å²) in [6.07, 6.45) is 3.94. The molecule has 4 unspecified atom stereocenters. The van der Waals surface area contributed by atoms with Crippen molar-refractivity contribution in [2.75, 3.05) is 0 Å². The van der Waals surface area contributed by atoms with Crippen molar-refractivity contribution in [1.29, 1.82) is 0 Å². The lowest BCUT2D eigenvalue weighted by Gasteiger charge is -2.32. The molecular formula is C15H21NO4. The molecule has 3 rings (SSSR count). The van der Waals surface area contributed by atoms with E-state index in [9.17, 15) is 19.5 Å². The average molecular weight is 279 g/mol. The van der Waals surface area contributed by atoms with Gasteiger partial charge in [-0.05, 0) is 18.3 Å². The Morgan fingerprint density at radius 2 is 1.65 bits per heavy atom. The highest BCUT2D eigenvalue weighted by molar-refractivity contribution is 6.10. The third-order valence-corrected chi connectivity index (χ3v) is 5.46. The molecule has 20 heavy (non-hydrogen) atoms. The van der Waals surface area contributed by atoms with Gasteiger partial charge in [0.1, 0.15) is 0 Å². The maximum absolute atomic E-state index is 12.5. The number of aliphatic carboxylic acids is 1. The molecule has 0 spiro atoms. The second-order valence-corrected chi connectivity index (χ2v) is 6.97. The summed E-state index contributed by atoms with van der Waals surface area (Å²) >= 11 is 0. The Morgan fingerprint density at radius 1 is 1.10 bits per heavy atom. The zero-order valence-corrected chi connectivity index (χ0v) is 12.0. The monoisotopic (exact) mass is 279 g/mol. The number of fused-ring (bicyclic) bond motifs is 1. The van der Waals surface area contributed by atoms with Gasteiger partial charge in [-0.25, -0.2) is 0 Å². The highest BCUT2D eigenvalue weighted by atomic mass is 16.4. The molecule has 0 aromatic heterocycles. The molecule has 0 radical (unpaired) electrons. The van der Waals surface area contributed by atoms with Crippen LogP contribution >= 0.6 is 0 Å². The molecule has 1 heterocycles. The Kier molecular flexibility index (Phi) is 2.92. The molecule has 1 aliphatic heterocycles. The Bertz CT molecular complexity index is 460. The largest absolute Gasteiger partial charge is 0.481 e. The number of piperidine rings is 1. The van der Waals surface area contributed by atoms with E-state index in [1.807, 2.05) is 13.8 Å². The van der Waals surface area contributed by atoms with E-state index >= 15 is 0 Å². The smallest absolute Gasteiger partial charge is 0.308 e. The summed E-state index contributed by atoms with van der Waals surface area (Å²) in [7, 11) is 0. The fraction of sp³-hybridized carbons (Fsp3) is 0.800. The molecule has 2 amide bonds. The van der Waals surface area contributed by atoms with Crippen molar-refractivity contribution >= 4 is 17.8 Å². The van der Waals surface area contributed by atoms with Gasteiger partial charge in [-0.15, -0.1) is 0 Å². The van der Waals surface area contributed by atoms with E-state index < -0.39 is 17.9 Å². The predicted octanol–water partition coefficient (Wildman–Crippen LogP) is 1.66. The molecule has 5 heteroatoms. The van der Waals surface area contributed by atoms with Gasteiger partial charge in [0.15, 0.2) is 0 Å². The van der Waals surface area contributed by atoms with Crippen molar-refractivity contribution in [3.63, 3.8) is 0 Å². The first-order chi connectivity index (χ1) is 9.37. The number of hydrogen-bond acceptors (Lipinski definition) is 3. The van der Waals surface area contributed by atoms with Crippen LogP contribution in [0.5, 0.6) is 0 Å². The van der Waals surface area contributed by atoms with Gasteiger partial charge in [0.25, 0.3) is 0 Å². The van der Waals surface area contributed by atoms with Gasteiger partial charge in [-0.1, -0.05) is 33.1 Å². The van der Waals surface area contributed by atoms with Crippen molar-refractivity contribution < 1.29 is 19.5 Å². The lowest BCUT2D eigenvalue weighted by molar-refractivity contribution is -0.152. The number of carboxylic acid groups (broad SMARTS) is 1. The van der Waals surface area contributed by atoms with Crippen LogP contribution in [0.3, 0.4) is 0 Å². The fourth-order valence-corrected chi connectivity index (χ4v) is 4.18. The van der Waals surface area contributed by atoms with Crippen molar-refractivity contribution in [2.24, 2.45) is 23.2 Å². The van der Waals surface area contributed by atoms with Crippen LogP contribution in [0, 0.1) is 23.2 Å². The first-order valence-electron chi connectivity index (χ1n) is 7.47. The summed E-state index contributed by atoms with van der Waals surface area (Å²) in [5, 5.41) is 9.40. The van der Waals surface area contributed by atoms with E-state index in [2.05, 4.69) is 0 Å². The number of amides is 2. The van der Waals surface area contributed by atoms with Crippen molar-refractivity contribution in [1.82, 2.24) is 4.90 Å². The van der Waals surface area contributed by atoms with Crippen LogP contribution in [0.15, 0.2) is 0 Å². The van der Waals surface area contributed by atoms with Crippen LogP contribution in [-0.2, 0) is 14.4 Å². The van der Waals surface area contributed by atoms with E-state index in [0.29, 0.717) is 12.8 Å². The van der Waals surface area contributed by atoms with E-state index in [0.717, 1.165) is 19.3 Å². The lowest BCUT2D eigenvalue weighted by Crippen LogP contribution is -2.49. The number of carbonyl (C=O) groups is 3. The standard InChI is InChI=1S/C15H21NO4/c1-15(2)10-11(15)13(18)16(12(10)17)9-7-5-3-4-6-8(9)14(19)20/h8-11H,3-7H2,1-2H3,(H,19,20). The van der Waals surface area contributed by atoms with E-state index in [-0.39, 0.29) is 29.1 Å². The fourth-order valence-electron chi connectivity index (χ4n) is 4.18. The van der Waals surface area contributed by atoms with Crippen LogP contribution in [0.4, 0.5) is 0 Å². The molecule has 0 bridgehead atoms. The molecule has 0 aromatic rings. The van der Waals surface area contributed by atoms with Crippen LogP contribution in [-0.4, -0.2) is 33.8 Å². The van der Waals surface area contributed by atoms with Crippen LogP contribution in [0.2, 0.25) is 0 Å². The maximum Gasteiger partial charge on any atom is 0.308 e. The minimum atomic E-state index is -0.877. The van der Waals surface area contributed by atoms with Crippen LogP contribution in [0.1, 0.15) is 46.0 Å². The topological polar surface area (TPSA) is 74.7 Å². The lowest BCUT2D eigenvalue weighted by atomic mass is 9.92. The van der Waals surface area contributed by atoms with Crippen molar-refractivity contribution in [3.05, 3.63) is 0 Å². The summed E-state index contributed by atoms with van der Waals surface area (Å²) in [6, 6.07) is -0.432. The van der Waals surface area contributed by atoms with Gasteiger partial charge in [-0.3, -0.25) is 19.3 Å². The van der Waals surface area contributed by atoms with E-state index in [1.54, 1.807) is 0 Å². The third kappa shape index (κ3) is 1.71. The molecule has 5 nitrogen and oxygen atoms in total. The number of rotatable bonds is 2. The normalized spacial score (nSPS) is 39.4. The molecule has 3 aliphatic rings. The van der Waals surface area contributed by atoms with Gasteiger partial charge >= 0.3 is 5.97 Å². The van der Waals surface area contributed by atoms with Crippen molar-refractivity contribution in [3.8, 4) is 0 Å². The third-order valence-electron chi connectivity index (χ3n) is 5.46. The predicted molar refractivity (Wildman–Crippen MR) is 70.6 cm³/mol. The molecule has 1 saturated heterocycles. The van der Waals surface area contributed by atoms with Crippen LogP contribution in [0.25, 0.3) is 0 Å². The average Bonchev–Trinajstić information content (AvgIpc) is 2.92. The summed E-state index contributed by atoms with van der Waals surface area (Å²) in [6.45, 7) is 3.88. The van der Waals surface area contributed by atoms with Gasteiger partial charge in [0.2, 0.25) is 11.8 Å². The molecule has 110 valence electrons. The van der Waals surface area contributed by atoms with Gasteiger partial charge in [-0.2, -0.15) is 0 Å². The maximum atomic E-state index is 12.5. The molecule has 0 aromatic carbocycles. The summed E-state index contributed by atoms with van der Waals surface area (Å²) in [5.41, 5.74) is -0.228. The second kappa shape index (κ2) is 4.30. The Hall–Kier alpha value is -1.39. The zero-order chi connectivity index (χ0) is 14.7. The SMILES string of the molecule is CC1(C)C2C(=O)N(C3CCCCCC3C(=O)O)C(=O)C21. The number of carbonyl (C=O) groups excluding carboxylic acids is 2. The van der Waals surface area contributed by atoms with E-state index in [4.69, 9.17) is 0 Å². The number of likely N-dealkylation sites (tertiary alicyclic amines) is 1. The van der Waals surface area contributed by atoms with Crippen LogP contribution < -0.4 is 0 Å².